The number of aromatic nitrogens is 4. The largest absolute Gasteiger partial charge is 0.346 e. The number of nitrogens with one attached hydrogen (secondary N) is 1. The van der Waals surface area contributed by atoms with Gasteiger partial charge in [0.2, 0.25) is 0 Å². The Morgan fingerprint density at radius 3 is 2.62 bits per heavy atom. The second-order valence-electron chi connectivity index (χ2n) is 7.00. The maximum absolute atomic E-state index is 12.5. The number of carbonyl (C=O) groups excluding carboxylic acids is 1. The summed E-state index contributed by atoms with van der Waals surface area (Å²) in [6, 6.07) is 9.22. The van der Waals surface area contributed by atoms with Crippen molar-refractivity contribution in [1.82, 2.24) is 25.1 Å². The minimum atomic E-state index is -0.351. The molecule has 134 valence electrons. The molecular weight excluding hydrogens is 328 g/mol. The van der Waals surface area contributed by atoms with E-state index in [2.05, 4.69) is 20.4 Å². The number of nitrogens with zero attached hydrogens (tertiary/aromatic N) is 4. The molecule has 3 rings (SSSR count). The molecule has 0 aliphatic rings. The molecule has 0 aliphatic carbocycles. The molecule has 0 radical (unpaired) electrons. The van der Waals surface area contributed by atoms with E-state index in [4.69, 9.17) is 5.73 Å². The van der Waals surface area contributed by atoms with Crippen LogP contribution in [0.4, 0.5) is 0 Å². The van der Waals surface area contributed by atoms with E-state index in [1.54, 1.807) is 29.3 Å². The van der Waals surface area contributed by atoms with Gasteiger partial charge in [0.25, 0.3) is 5.91 Å². The predicted molar refractivity (Wildman–Crippen MR) is 99.7 cm³/mol. The van der Waals surface area contributed by atoms with Crippen molar-refractivity contribution in [3.8, 4) is 17.1 Å². The number of carbonyl (C=O) groups is 1. The molecule has 0 aliphatic heterocycles. The molecule has 0 spiro atoms. The summed E-state index contributed by atoms with van der Waals surface area (Å²) in [4.78, 5) is 21.1. The van der Waals surface area contributed by atoms with Crippen LogP contribution < -0.4 is 11.1 Å². The normalized spacial score (nSPS) is 11.4. The topological polar surface area (TPSA) is 98.7 Å². The van der Waals surface area contributed by atoms with Gasteiger partial charge in [0.05, 0.1) is 23.3 Å². The summed E-state index contributed by atoms with van der Waals surface area (Å²) in [5.41, 5.74) is 8.72. The second kappa shape index (κ2) is 7.05. The Bertz CT molecular complexity index is 894. The van der Waals surface area contributed by atoms with Crippen LogP contribution in [-0.4, -0.2) is 31.2 Å². The molecule has 3 heterocycles. The van der Waals surface area contributed by atoms with Gasteiger partial charge in [-0.05, 0) is 50.6 Å². The van der Waals surface area contributed by atoms with Crippen LogP contribution in [0.1, 0.15) is 36.8 Å². The Hall–Kier alpha value is -3.06. The predicted octanol–water partition coefficient (Wildman–Crippen LogP) is 2.32. The van der Waals surface area contributed by atoms with Gasteiger partial charge in [-0.3, -0.25) is 14.8 Å². The van der Waals surface area contributed by atoms with E-state index in [-0.39, 0.29) is 11.4 Å². The van der Waals surface area contributed by atoms with E-state index >= 15 is 0 Å². The van der Waals surface area contributed by atoms with Crippen molar-refractivity contribution in [2.45, 2.75) is 32.9 Å². The summed E-state index contributed by atoms with van der Waals surface area (Å²) in [6.07, 6.45) is 5.11. The third-order valence-electron chi connectivity index (χ3n) is 3.64. The molecular formula is C19H22N6O. The highest BCUT2D eigenvalue weighted by Crippen LogP contribution is 2.22. The molecule has 7 heteroatoms. The number of rotatable bonds is 4. The first-order chi connectivity index (χ1) is 12.4. The van der Waals surface area contributed by atoms with E-state index in [9.17, 15) is 4.79 Å². The Labute approximate surface area is 152 Å². The van der Waals surface area contributed by atoms with Gasteiger partial charge in [0.15, 0.2) is 5.69 Å². The standard InChI is InChI=1S/C19H22N6O/c1-19(2,3)23-18(26)16-9-17(15-7-6-13(10-20)11-22-15)25(24-16)14-5-4-8-21-12-14/h4-9,11-12H,10,20H2,1-3H3,(H,23,26). The van der Waals surface area contributed by atoms with Gasteiger partial charge in [0.1, 0.15) is 0 Å². The first-order valence-electron chi connectivity index (χ1n) is 8.36. The van der Waals surface area contributed by atoms with Crippen LogP contribution in [0.5, 0.6) is 0 Å². The van der Waals surface area contributed by atoms with E-state index in [1.807, 2.05) is 45.0 Å². The molecule has 26 heavy (non-hydrogen) atoms. The van der Waals surface area contributed by atoms with Crippen molar-refractivity contribution in [3.05, 3.63) is 60.2 Å². The Balaban J connectivity index is 2.07. The van der Waals surface area contributed by atoms with Gasteiger partial charge in [0, 0.05) is 24.5 Å². The highest BCUT2D eigenvalue weighted by molar-refractivity contribution is 5.94. The molecule has 7 nitrogen and oxygen atoms in total. The fraction of sp³-hybridized carbons (Fsp3) is 0.263. The average Bonchev–Trinajstić information content (AvgIpc) is 3.07. The van der Waals surface area contributed by atoms with Crippen molar-refractivity contribution < 1.29 is 4.79 Å². The summed E-state index contributed by atoms with van der Waals surface area (Å²) in [7, 11) is 0. The van der Waals surface area contributed by atoms with Gasteiger partial charge in [-0.2, -0.15) is 5.10 Å². The molecule has 3 aromatic rings. The maximum Gasteiger partial charge on any atom is 0.272 e. The molecule has 0 atom stereocenters. The molecule has 0 bridgehead atoms. The highest BCUT2D eigenvalue weighted by atomic mass is 16.2. The van der Waals surface area contributed by atoms with Gasteiger partial charge in [-0.1, -0.05) is 6.07 Å². The SMILES string of the molecule is CC(C)(C)NC(=O)c1cc(-c2ccc(CN)cn2)n(-c2cccnc2)n1. The first kappa shape index (κ1) is 17.8. The van der Waals surface area contributed by atoms with E-state index in [1.165, 1.54) is 0 Å². The monoisotopic (exact) mass is 350 g/mol. The number of amides is 1. The van der Waals surface area contributed by atoms with Gasteiger partial charge in [-0.25, -0.2) is 4.68 Å². The van der Waals surface area contributed by atoms with Gasteiger partial charge in [-0.15, -0.1) is 0 Å². The van der Waals surface area contributed by atoms with Crippen molar-refractivity contribution in [3.63, 3.8) is 0 Å². The van der Waals surface area contributed by atoms with E-state index < -0.39 is 0 Å². The van der Waals surface area contributed by atoms with Crippen molar-refractivity contribution in [2.75, 3.05) is 0 Å². The minimum absolute atomic E-state index is 0.236. The average molecular weight is 350 g/mol. The number of nitrogens with two attached hydrogens (primary N) is 1. The summed E-state index contributed by atoms with van der Waals surface area (Å²) in [5, 5.41) is 7.41. The van der Waals surface area contributed by atoms with Crippen LogP contribution in [0, 0.1) is 0 Å². The summed E-state index contributed by atoms with van der Waals surface area (Å²) >= 11 is 0. The van der Waals surface area contributed by atoms with Crippen LogP contribution in [-0.2, 0) is 6.54 Å². The fourth-order valence-electron chi connectivity index (χ4n) is 2.45. The summed E-state index contributed by atoms with van der Waals surface area (Å²) in [5.74, 6) is -0.236. The molecule has 3 aromatic heterocycles. The first-order valence-corrected chi connectivity index (χ1v) is 8.36. The van der Waals surface area contributed by atoms with E-state index in [0.717, 1.165) is 11.3 Å². The summed E-state index contributed by atoms with van der Waals surface area (Å²) < 4.78 is 1.68. The Kier molecular flexibility index (Phi) is 4.81. The molecule has 0 aromatic carbocycles. The fourth-order valence-corrected chi connectivity index (χ4v) is 2.45. The Morgan fingerprint density at radius 1 is 1.23 bits per heavy atom. The molecule has 0 fully saturated rings. The number of hydrogen-bond donors (Lipinski definition) is 2. The quantitative estimate of drug-likeness (QED) is 0.752. The van der Waals surface area contributed by atoms with Crippen LogP contribution in [0.3, 0.4) is 0 Å². The van der Waals surface area contributed by atoms with Crippen molar-refractivity contribution >= 4 is 5.91 Å². The van der Waals surface area contributed by atoms with Crippen molar-refractivity contribution in [2.24, 2.45) is 5.73 Å². The third kappa shape index (κ3) is 3.94. The molecule has 1 amide bonds. The smallest absolute Gasteiger partial charge is 0.272 e. The summed E-state index contributed by atoms with van der Waals surface area (Å²) in [6.45, 7) is 6.21. The third-order valence-corrected chi connectivity index (χ3v) is 3.64. The maximum atomic E-state index is 12.5. The van der Waals surface area contributed by atoms with Crippen LogP contribution in [0.2, 0.25) is 0 Å². The van der Waals surface area contributed by atoms with Crippen LogP contribution in [0.15, 0.2) is 48.9 Å². The van der Waals surface area contributed by atoms with Crippen molar-refractivity contribution in [1.29, 1.82) is 0 Å². The molecule has 0 unspecified atom stereocenters. The number of hydrogen-bond acceptors (Lipinski definition) is 5. The van der Waals surface area contributed by atoms with Crippen LogP contribution in [0.25, 0.3) is 17.1 Å². The zero-order chi connectivity index (χ0) is 18.7. The minimum Gasteiger partial charge on any atom is -0.346 e. The van der Waals surface area contributed by atoms with E-state index in [0.29, 0.717) is 23.6 Å². The zero-order valence-corrected chi connectivity index (χ0v) is 15.1. The lowest BCUT2D eigenvalue weighted by Gasteiger charge is -2.19. The zero-order valence-electron chi connectivity index (χ0n) is 15.1. The lowest BCUT2D eigenvalue weighted by atomic mass is 10.1. The molecule has 0 saturated heterocycles. The second-order valence-corrected chi connectivity index (χ2v) is 7.00. The molecule has 3 N–H and O–H groups in total. The Morgan fingerprint density at radius 2 is 2.04 bits per heavy atom. The van der Waals surface area contributed by atoms with Crippen LogP contribution >= 0.6 is 0 Å². The van der Waals surface area contributed by atoms with Gasteiger partial charge >= 0.3 is 0 Å². The lowest BCUT2D eigenvalue weighted by molar-refractivity contribution is 0.0914. The highest BCUT2D eigenvalue weighted by Gasteiger charge is 2.21. The lowest BCUT2D eigenvalue weighted by Crippen LogP contribution is -2.40. The number of pyridine rings is 2. The molecule has 0 saturated carbocycles. The van der Waals surface area contributed by atoms with Gasteiger partial charge < -0.3 is 11.1 Å².